The van der Waals surface area contributed by atoms with Crippen molar-refractivity contribution < 1.29 is 9.53 Å². The molecular formula is C14H19N3O2. The van der Waals surface area contributed by atoms with Crippen molar-refractivity contribution in [2.75, 3.05) is 19.0 Å². The van der Waals surface area contributed by atoms with Crippen molar-refractivity contribution in [3.8, 4) is 0 Å². The van der Waals surface area contributed by atoms with Gasteiger partial charge >= 0.3 is 0 Å². The van der Waals surface area contributed by atoms with E-state index in [9.17, 15) is 4.79 Å². The SMILES string of the molecule is CNc1cnccc1C(=O)NC1CCOC1C1CC1. The summed E-state index contributed by atoms with van der Waals surface area (Å²) in [5.41, 5.74) is 1.39. The Bertz CT molecular complexity index is 474. The van der Waals surface area contributed by atoms with Crippen LogP contribution in [0.2, 0.25) is 0 Å². The average Bonchev–Trinajstić information content (AvgIpc) is 3.19. The largest absolute Gasteiger partial charge is 0.386 e. The zero-order valence-electron chi connectivity index (χ0n) is 11.1. The number of carbonyl (C=O) groups excluding carboxylic acids is 1. The monoisotopic (exact) mass is 261 g/mol. The number of nitrogens with zero attached hydrogens (tertiary/aromatic N) is 1. The minimum Gasteiger partial charge on any atom is -0.386 e. The number of carbonyl (C=O) groups is 1. The van der Waals surface area contributed by atoms with E-state index in [4.69, 9.17) is 4.74 Å². The fraction of sp³-hybridized carbons (Fsp3) is 0.571. The second-order valence-corrected chi connectivity index (χ2v) is 5.21. The lowest BCUT2D eigenvalue weighted by Crippen LogP contribution is -2.41. The third-order valence-electron chi connectivity index (χ3n) is 3.87. The van der Waals surface area contributed by atoms with Crippen LogP contribution in [0.1, 0.15) is 29.6 Å². The molecule has 5 heteroatoms. The van der Waals surface area contributed by atoms with Crippen molar-refractivity contribution in [1.29, 1.82) is 0 Å². The number of pyridine rings is 1. The molecule has 19 heavy (non-hydrogen) atoms. The summed E-state index contributed by atoms with van der Waals surface area (Å²) in [7, 11) is 1.79. The highest BCUT2D eigenvalue weighted by molar-refractivity contribution is 5.99. The lowest BCUT2D eigenvalue weighted by Gasteiger charge is -2.20. The summed E-state index contributed by atoms with van der Waals surface area (Å²) in [5, 5.41) is 6.10. The lowest BCUT2D eigenvalue weighted by molar-refractivity contribution is 0.0730. The van der Waals surface area contributed by atoms with Crippen LogP contribution < -0.4 is 10.6 Å². The smallest absolute Gasteiger partial charge is 0.253 e. The van der Waals surface area contributed by atoms with Crippen LogP contribution in [0.5, 0.6) is 0 Å². The van der Waals surface area contributed by atoms with Crippen LogP contribution in [0.4, 0.5) is 5.69 Å². The van der Waals surface area contributed by atoms with E-state index in [0.29, 0.717) is 11.5 Å². The third-order valence-corrected chi connectivity index (χ3v) is 3.87. The van der Waals surface area contributed by atoms with E-state index in [2.05, 4.69) is 15.6 Å². The molecule has 5 nitrogen and oxygen atoms in total. The van der Waals surface area contributed by atoms with Gasteiger partial charge in [-0.1, -0.05) is 0 Å². The van der Waals surface area contributed by atoms with Crippen molar-refractivity contribution in [2.24, 2.45) is 5.92 Å². The summed E-state index contributed by atoms with van der Waals surface area (Å²) >= 11 is 0. The second-order valence-electron chi connectivity index (χ2n) is 5.21. The number of hydrogen-bond donors (Lipinski definition) is 2. The maximum Gasteiger partial charge on any atom is 0.253 e. The molecule has 1 aromatic heterocycles. The van der Waals surface area contributed by atoms with Gasteiger partial charge in [-0.05, 0) is 31.2 Å². The molecule has 3 rings (SSSR count). The summed E-state index contributed by atoms with van der Waals surface area (Å²) in [6.45, 7) is 0.751. The zero-order valence-corrected chi connectivity index (χ0v) is 11.1. The Hall–Kier alpha value is -1.62. The van der Waals surface area contributed by atoms with Crippen LogP contribution >= 0.6 is 0 Å². The van der Waals surface area contributed by atoms with E-state index in [1.165, 1.54) is 12.8 Å². The average molecular weight is 261 g/mol. The van der Waals surface area contributed by atoms with Gasteiger partial charge in [-0.25, -0.2) is 0 Å². The van der Waals surface area contributed by atoms with E-state index < -0.39 is 0 Å². The number of hydrogen-bond acceptors (Lipinski definition) is 4. The maximum absolute atomic E-state index is 12.3. The first-order valence-corrected chi connectivity index (χ1v) is 6.84. The molecule has 0 aromatic carbocycles. The first-order valence-electron chi connectivity index (χ1n) is 6.84. The molecule has 1 saturated heterocycles. The summed E-state index contributed by atoms with van der Waals surface area (Å²) in [6, 6.07) is 1.89. The van der Waals surface area contributed by atoms with Gasteiger partial charge in [0.25, 0.3) is 5.91 Å². The Morgan fingerprint density at radius 3 is 3.00 bits per heavy atom. The number of nitrogens with one attached hydrogen (secondary N) is 2. The number of ether oxygens (including phenoxy) is 1. The normalized spacial score (nSPS) is 26.2. The van der Waals surface area contributed by atoms with Gasteiger partial charge in [0.05, 0.1) is 29.6 Å². The fourth-order valence-corrected chi connectivity index (χ4v) is 2.69. The molecule has 1 aliphatic heterocycles. The highest BCUT2D eigenvalue weighted by atomic mass is 16.5. The van der Waals surface area contributed by atoms with Gasteiger partial charge in [0, 0.05) is 19.9 Å². The molecule has 2 N–H and O–H groups in total. The van der Waals surface area contributed by atoms with E-state index in [0.717, 1.165) is 18.7 Å². The zero-order chi connectivity index (χ0) is 13.2. The summed E-state index contributed by atoms with van der Waals surface area (Å²) in [5.74, 6) is 0.599. The molecule has 0 bridgehead atoms. The highest BCUT2D eigenvalue weighted by Crippen LogP contribution is 2.38. The summed E-state index contributed by atoms with van der Waals surface area (Å²) in [6.07, 6.45) is 6.89. The molecule has 1 amide bonds. The van der Waals surface area contributed by atoms with Crippen molar-refractivity contribution in [1.82, 2.24) is 10.3 Å². The van der Waals surface area contributed by atoms with Crippen LogP contribution in [0.15, 0.2) is 18.5 Å². The van der Waals surface area contributed by atoms with Crippen molar-refractivity contribution in [2.45, 2.75) is 31.4 Å². The van der Waals surface area contributed by atoms with Gasteiger partial charge < -0.3 is 15.4 Å². The lowest BCUT2D eigenvalue weighted by atomic mass is 10.1. The molecule has 1 aliphatic carbocycles. The molecule has 2 fully saturated rings. The molecule has 2 aliphatic rings. The van der Waals surface area contributed by atoms with Crippen LogP contribution in [0, 0.1) is 5.92 Å². The molecule has 1 saturated carbocycles. The van der Waals surface area contributed by atoms with Gasteiger partial charge in [0.1, 0.15) is 0 Å². The summed E-state index contributed by atoms with van der Waals surface area (Å²) in [4.78, 5) is 16.4. The van der Waals surface area contributed by atoms with Gasteiger partial charge in [0.2, 0.25) is 0 Å². The highest BCUT2D eigenvalue weighted by Gasteiger charge is 2.41. The molecule has 102 valence electrons. The number of aromatic nitrogens is 1. The van der Waals surface area contributed by atoms with E-state index >= 15 is 0 Å². The van der Waals surface area contributed by atoms with Gasteiger partial charge in [-0.3, -0.25) is 9.78 Å². The minimum atomic E-state index is -0.0482. The van der Waals surface area contributed by atoms with Crippen LogP contribution in [0.25, 0.3) is 0 Å². The van der Waals surface area contributed by atoms with Gasteiger partial charge in [-0.2, -0.15) is 0 Å². The van der Waals surface area contributed by atoms with Crippen molar-refractivity contribution in [3.63, 3.8) is 0 Å². The Morgan fingerprint density at radius 2 is 2.26 bits per heavy atom. The predicted molar refractivity (Wildman–Crippen MR) is 72.1 cm³/mol. The molecule has 2 atom stereocenters. The molecular weight excluding hydrogens is 242 g/mol. The maximum atomic E-state index is 12.3. The van der Waals surface area contributed by atoms with Gasteiger partial charge in [-0.15, -0.1) is 0 Å². The molecule has 2 heterocycles. The third kappa shape index (κ3) is 2.56. The number of amides is 1. The number of anilines is 1. The quantitative estimate of drug-likeness (QED) is 0.860. The van der Waals surface area contributed by atoms with Crippen molar-refractivity contribution >= 4 is 11.6 Å². The van der Waals surface area contributed by atoms with Crippen molar-refractivity contribution in [3.05, 3.63) is 24.0 Å². The second kappa shape index (κ2) is 5.17. The first kappa shape index (κ1) is 12.4. The van der Waals surface area contributed by atoms with Crippen LogP contribution in [0.3, 0.4) is 0 Å². The topological polar surface area (TPSA) is 63.2 Å². The Kier molecular flexibility index (Phi) is 3.38. The van der Waals surface area contributed by atoms with E-state index in [1.54, 1.807) is 25.5 Å². The first-order chi connectivity index (χ1) is 9.29. The predicted octanol–water partition coefficient (Wildman–Crippen LogP) is 1.42. The van der Waals surface area contributed by atoms with Crippen LogP contribution in [-0.2, 0) is 4.74 Å². The Balaban J connectivity index is 1.70. The number of rotatable bonds is 4. The van der Waals surface area contributed by atoms with E-state index in [1.807, 2.05) is 0 Å². The fourth-order valence-electron chi connectivity index (χ4n) is 2.69. The molecule has 1 aromatic rings. The standard InChI is InChI=1S/C14H19N3O2/c1-15-12-8-16-6-4-10(12)14(18)17-11-5-7-19-13(11)9-2-3-9/h4,6,8-9,11,13,15H,2-3,5,7H2,1H3,(H,17,18). The molecule has 2 unspecified atom stereocenters. The molecule has 0 radical (unpaired) electrons. The minimum absolute atomic E-state index is 0.0482. The Labute approximate surface area is 112 Å². The van der Waals surface area contributed by atoms with Gasteiger partial charge in [0.15, 0.2) is 0 Å². The molecule has 0 spiro atoms. The summed E-state index contributed by atoms with van der Waals surface area (Å²) < 4.78 is 5.74. The van der Waals surface area contributed by atoms with Crippen LogP contribution in [-0.4, -0.2) is 36.7 Å². The Morgan fingerprint density at radius 1 is 1.42 bits per heavy atom. The van der Waals surface area contributed by atoms with E-state index in [-0.39, 0.29) is 18.1 Å².